The number of para-hydroxylation sites is 2. The molecular formula is C19H19N3O3. The van der Waals surface area contributed by atoms with Crippen molar-refractivity contribution in [3.05, 3.63) is 80.9 Å². The third-order valence-corrected chi connectivity index (χ3v) is 4.00. The summed E-state index contributed by atoms with van der Waals surface area (Å²) in [6.45, 7) is 2.40. The van der Waals surface area contributed by atoms with Crippen LogP contribution in [-0.4, -0.2) is 21.6 Å². The van der Waals surface area contributed by atoms with Gasteiger partial charge in [-0.05, 0) is 24.6 Å². The first-order valence-corrected chi connectivity index (χ1v) is 8.15. The molecule has 3 aromatic rings. The van der Waals surface area contributed by atoms with Crippen molar-refractivity contribution in [2.45, 2.75) is 20.0 Å². The summed E-state index contributed by atoms with van der Waals surface area (Å²) >= 11 is 0. The third kappa shape index (κ3) is 3.38. The minimum Gasteiger partial charge on any atom is -0.355 e. The van der Waals surface area contributed by atoms with E-state index in [4.69, 9.17) is 0 Å². The van der Waals surface area contributed by atoms with Crippen molar-refractivity contribution in [2.75, 3.05) is 6.54 Å². The Labute approximate surface area is 144 Å². The molecule has 1 amide bonds. The van der Waals surface area contributed by atoms with Crippen molar-refractivity contribution in [3.63, 3.8) is 0 Å². The third-order valence-electron chi connectivity index (χ3n) is 4.00. The number of benzene rings is 2. The lowest BCUT2D eigenvalue weighted by molar-refractivity contribution is -0.121. The monoisotopic (exact) mass is 337 g/mol. The Morgan fingerprint density at radius 1 is 0.880 bits per heavy atom. The molecule has 1 N–H and O–H groups in total. The maximum absolute atomic E-state index is 12.6. The van der Waals surface area contributed by atoms with Crippen LogP contribution in [-0.2, 0) is 17.9 Å². The van der Waals surface area contributed by atoms with E-state index in [9.17, 15) is 14.4 Å². The molecule has 6 heteroatoms. The maximum atomic E-state index is 12.6. The average Bonchev–Trinajstić information content (AvgIpc) is 2.63. The number of nitrogens with zero attached hydrogens (tertiary/aromatic N) is 2. The van der Waals surface area contributed by atoms with Crippen LogP contribution in [0, 0.1) is 0 Å². The second kappa shape index (κ2) is 7.17. The molecule has 0 aliphatic heterocycles. The lowest BCUT2D eigenvalue weighted by Crippen LogP contribution is -2.44. The highest BCUT2D eigenvalue weighted by Crippen LogP contribution is 2.12. The minimum atomic E-state index is -0.694. The zero-order valence-corrected chi connectivity index (χ0v) is 13.9. The van der Waals surface area contributed by atoms with E-state index in [1.54, 1.807) is 25.1 Å². The molecule has 0 unspecified atom stereocenters. The lowest BCUT2D eigenvalue weighted by atomic mass is 10.2. The fraction of sp³-hybridized carbons (Fsp3) is 0.211. The molecule has 128 valence electrons. The van der Waals surface area contributed by atoms with Crippen molar-refractivity contribution < 1.29 is 4.79 Å². The van der Waals surface area contributed by atoms with Crippen LogP contribution in [0.4, 0.5) is 0 Å². The van der Waals surface area contributed by atoms with Crippen LogP contribution >= 0.6 is 0 Å². The number of likely N-dealkylation sites (N-methyl/N-ethyl adjacent to an activating group) is 1. The number of nitrogens with one attached hydrogen (secondary N) is 1. The summed E-state index contributed by atoms with van der Waals surface area (Å²) in [6, 6.07) is 16.6. The Hall–Kier alpha value is -3.15. The van der Waals surface area contributed by atoms with E-state index >= 15 is 0 Å². The van der Waals surface area contributed by atoms with E-state index in [-0.39, 0.29) is 12.5 Å². The fourth-order valence-electron chi connectivity index (χ4n) is 2.85. The van der Waals surface area contributed by atoms with Gasteiger partial charge < -0.3 is 5.32 Å². The Morgan fingerprint density at radius 2 is 1.44 bits per heavy atom. The number of fused-ring (bicyclic) bond motifs is 1. The number of amides is 1. The highest BCUT2D eigenvalue weighted by Gasteiger charge is 2.15. The van der Waals surface area contributed by atoms with E-state index in [0.717, 1.165) is 5.56 Å². The first-order chi connectivity index (χ1) is 12.1. The maximum Gasteiger partial charge on any atom is 0.317 e. The summed E-state index contributed by atoms with van der Waals surface area (Å²) in [4.78, 5) is 37.1. The van der Waals surface area contributed by atoms with Crippen molar-refractivity contribution in [1.82, 2.24) is 14.5 Å². The normalized spacial score (nSPS) is 10.8. The van der Waals surface area contributed by atoms with Crippen LogP contribution in [0.5, 0.6) is 0 Å². The molecule has 0 atom stereocenters. The van der Waals surface area contributed by atoms with Crippen LogP contribution in [0.2, 0.25) is 0 Å². The van der Waals surface area contributed by atoms with Gasteiger partial charge in [0.1, 0.15) is 6.54 Å². The second-order valence-electron chi connectivity index (χ2n) is 5.71. The number of aromatic nitrogens is 2. The van der Waals surface area contributed by atoms with E-state index in [0.29, 0.717) is 24.1 Å². The fourth-order valence-corrected chi connectivity index (χ4v) is 2.85. The van der Waals surface area contributed by atoms with Gasteiger partial charge in [-0.15, -0.1) is 0 Å². The van der Waals surface area contributed by atoms with Crippen LogP contribution in [0.1, 0.15) is 12.5 Å². The van der Waals surface area contributed by atoms with E-state index in [1.807, 2.05) is 36.4 Å². The molecule has 2 aromatic carbocycles. The van der Waals surface area contributed by atoms with Gasteiger partial charge in [0.05, 0.1) is 17.6 Å². The molecule has 6 nitrogen and oxygen atoms in total. The first kappa shape index (κ1) is 16.7. The van der Waals surface area contributed by atoms with Gasteiger partial charge in [0.15, 0.2) is 0 Å². The van der Waals surface area contributed by atoms with Gasteiger partial charge in [0.25, 0.3) is 0 Å². The van der Waals surface area contributed by atoms with E-state index in [1.165, 1.54) is 9.13 Å². The predicted octanol–water partition coefficient (Wildman–Crippen LogP) is 1.35. The summed E-state index contributed by atoms with van der Waals surface area (Å²) < 4.78 is 2.70. The molecule has 1 heterocycles. The van der Waals surface area contributed by atoms with Gasteiger partial charge in [0, 0.05) is 6.54 Å². The van der Waals surface area contributed by atoms with Crippen molar-refractivity contribution in [3.8, 4) is 0 Å². The van der Waals surface area contributed by atoms with Gasteiger partial charge in [-0.1, -0.05) is 42.5 Å². The summed E-state index contributed by atoms with van der Waals surface area (Å²) in [5.41, 5.74) is 0.790. The van der Waals surface area contributed by atoms with Gasteiger partial charge >= 0.3 is 11.1 Å². The molecule has 3 rings (SSSR count). The first-order valence-electron chi connectivity index (χ1n) is 8.15. The number of hydrogen-bond donors (Lipinski definition) is 1. The van der Waals surface area contributed by atoms with Crippen LogP contribution < -0.4 is 16.4 Å². The summed E-state index contributed by atoms with van der Waals surface area (Å²) in [5.74, 6) is -0.296. The Kier molecular flexibility index (Phi) is 4.79. The molecule has 0 aliphatic rings. The summed E-state index contributed by atoms with van der Waals surface area (Å²) in [6.07, 6.45) is 0. The minimum absolute atomic E-state index is 0.172. The van der Waals surface area contributed by atoms with Crippen LogP contribution in [0.15, 0.2) is 64.2 Å². The van der Waals surface area contributed by atoms with Crippen molar-refractivity contribution in [2.24, 2.45) is 0 Å². The predicted molar refractivity (Wildman–Crippen MR) is 96.7 cm³/mol. The molecule has 0 bridgehead atoms. The summed E-state index contributed by atoms with van der Waals surface area (Å²) in [7, 11) is 0. The highest BCUT2D eigenvalue weighted by molar-refractivity contribution is 5.80. The number of carbonyl (C=O) groups excluding carboxylic acids is 1. The second-order valence-corrected chi connectivity index (χ2v) is 5.71. The zero-order chi connectivity index (χ0) is 17.8. The highest BCUT2D eigenvalue weighted by atomic mass is 16.2. The Balaban J connectivity index is 2.17. The van der Waals surface area contributed by atoms with Crippen molar-refractivity contribution in [1.29, 1.82) is 0 Å². The molecule has 0 spiro atoms. The average molecular weight is 337 g/mol. The van der Waals surface area contributed by atoms with Gasteiger partial charge in [0.2, 0.25) is 5.91 Å². The zero-order valence-electron chi connectivity index (χ0n) is 13.9. The topological polar surface area (TPSA) is 73.1 Å². The van der Waals surface area contributed by atoms with Crippen molar-refractivity contribution >= 4 is 16.9 Å². The lowest BCUT2D eigenvalue weighted by Gasteiger charge is -2.15. The molecule has 0 saturated heterocycles. The van der Waals surface area contributed by atoms with Gasteiger partial charge in [-0.2, -0.15) is 0 Å². The molecule has 1 aromatic heterocycles. The molecule has 0 radical (unpaired) electrons. The van der Waals surface area contributed by atoms with Gasteiger partial charge in [-0.3, -0.25) is 23.5 Å². The molecule has 0 aliphatic carbocycles. The molecule has 0 fully saturated rings. The number of hydrogen-bond acceptors (Lipinski definition) is 3. The SMILES string of the molecule is CCNC(=O)Cn1c(=O)c(=O)n(Cc2ccccc2)c2ccccc21. The van der Waals surface area contributed by atoms with Gasteiger partial charge in [-0.25, -0.2) is 0 Å². The summed E-state index contributed by atoms with van der Waals surface area (Å²) in [5, 5.41) is 2.65. The Bertz CT molecular complexity index is 1020. The molecule has 25 heavy (non-hydrogen) atoms. The number of carbonyl (C=O) groups is 1. The quantitative estimate of drug-likeness (QED) is 0.714. The van der Waals surface area contributed by atoms with Crippen LogP contribution in [0.25, 0.3) is 11.0 Å². The largest absolute Gasteiger partial charge is 0.355 e. The standard InChI is InChI=1S/C19H19N3O3/c1-2-20-17(23)13-22-16-11-7-6-10-15(16)21(18(24)19(22)25)12-14-8-4-3-5-9-14/h3-11H,2,12-13H2,1H3,(H,20,23). The molecular weight excluding hydrogens is 318 g/mol. The Morgan fingerprint density at radius 3 is 2.08 bits per heavy atom. The number of rotatable bonds is 5. The molecule has 0 saturated carbocycles. The smallest absolute Gasteiger partial charge is 0.317 e. The van der Waals surface area contributed by atoms with E-state index < -0.39 is 11.1 Å². The van der Waals surface area contributed by atoms with Crippen LogP contribution in [0.3, 0.4) is 0 Å². The van der Waals surface area contributed by atoms with E-state index in [2.05, 4.69) is 5.32 Å².